The first-order valence-electron chi connectivity index (χ1n) is 5.51. The number of likely N-dealkylation sites (N-methyl/N-ethyl adjacent to an activating group) is 1. The standard InChI is InChI=1S/C11H18ClN3O/c1-5-14(6-2)11(16)9(4)15-8(3)10(12)7-13-15/h7,9H,5-6H2,1-4H3/t9-/m0/s1. The number of hydrogen-bond acceptors (Lipinski definition) is 2. The fraction of sp³-hybridized carbons (Fsp3) is 0.636. The lowest BCUT2D eigenvalue weighted by atomic mass is 10.2. The van der Waals surface area contributed by atoms with Crippen LogP contribution in [0.2, 0.25) is 5.02 Å². The van der Waals surface area contributed by atoms with Gasteiger partial charge in [0.05, 0.1) is 16.9 Å². The van der Waals surface area contributed by atoms with Crippen molar-refractivity contribution in [1.29, 1.82) is 0 Å². The fourth-order valence-electron chi connectivity index (χ4n) is 1.70. The number of aromatic nitrogens is 2. The Bertz CT molecular complexity index is 371. The molecule has 0 bridgehead atoms. The van der Waals surface area contributed by atoms with Crippen molar-refractivity contribution >= 4 is 17.5 Å². The second-order valence-corrected chi connectivity index (χ2v) is 4.12. The molecule has 1 atom stereocenters. The van der Waals surface area contributed by atoms with Crippen molar-refractivity contribution in [3.63, 3.8) is 0 Å². The van der Waals surface area contributed by atoms with E-state index in [9.17, 15) is 4.79 Å². The number of nitrogens with zero attached hydrogens (tertiary/aromatic N) is 3. The summed E-state index contributed by atoms with van der Waals surface area (Å²) in [5.74, 6) is 0.0767. The van der Waals surface area contributed by atoms with Gasteiger partial charge in [0.15, 0.2) is 0 Å². The molecule has 5 heteroatoms. The molecule has 0 unspecified atom stereocenters. The Labute approximate surface area is 101 Å². The van der Waals surface area contributed by atoms with Crippen LogP contribution in [0.25, 0.3) is 0 Å². The normalized spacial score (nSPS) is 12.6. The van der Waals surface area contributed by atoms with Crippen LogP contribution >= 0.6 is 11.6 Å². The number of carbonyl (C=O) groups excluding carboxylic acids is 1. The van der Waals surface area contributed by atoms with Gasteiger partial charge in [-0.3, -0.25) is 9.48 Å². The van der Waals surface area contributed by atoms with E-state index in [1.807, 2.05) is 27.7 Å². The number of carbonyl (C=O) groups is 1. The van der Waals surface area contributed by atoms with E-state index in [0.29, 0.717) is 18.1 Å². The molecule has 0 aliphatic carbocycles. The molecule has 0 aliphatic rings. The van der Waals surface area contributed by atoms with Crippen LogP contribution in [-0.2, 0) is 4.79 Å². The molecule has 1 aromatic heterocycles. The first-order valence-corrected chi connectivity index (χ1v) is 5.89. The van der Waals surface area contributed by atoms with Gasteiger partial charge in [0.1, 0.15) is 6.04 Å². The molecule has 0 saturated heterocycles. The van der Waals surface area contributed by atoms with Crippen molar-refractivity contribution in [2.24, 2.45) is 0 Å². The summed E-state index contributed by atoms with van der Waals surface area (Å²) in [6.07, 6.45) is 1.57. The van der Waals surface area contributed by atoms with Crippen molar-refractivity contribution in [3.8, 4) is 0 Å². The molecule has 0 aliphatic heterocycles. The molecule has 0 saturated carbocycles. The smallest absolute Gasteiger partial charge is 0.247 e. The average Bonchev–Trinajstić information content (AvgIpc) is 2.60. The molecule has 1 heterocycles. The van der Waals surface area contributed by atoms with Crippen LogP contribution < -0.4 is 0 Å². The molecule has 16 heavy (non-hydrogen) atoms. The highest BCUT2D eigenvalue weighted by Gasteiger charge is 2.22. The van der Waals surface area contributed by atoms with Crippen molar-refractivity contribution in [1.82, 2.24) is 14.7 Å². The summed E-state index contributed by atoms with van der Waals surface area (Å²) in [5, 5.41) is 4.72. The van der Waals surface area contributed by atoms with Crippen molar-refractivity contribution in [2.45, 2.75) is 33.7 Å². The lowest BCUT2D eigenvalue weighted by molar-refractivity contribution is -0.134. The summed E-state index contributed by atoms with van der Waals surface area (Å²) < 4.78 is 1.67. The van der Waals surface area contributed by atoms with E-state index in [4.69, 9.17) is 11.6 Å². The van der Waals surface area contributed by atoms with E-state index in [1.165, 1.54) is 0 Å². The highest BCUT2D eigenvalue weighted by atomic mass is 35.5. The van der Waals surface area contributed by atoms with E-state index in [-0.39, 0.29) is 11.9 Å². The Kier molecular flexibility index (Phi) is 4.35. The zero-order chi connectivity index (χ0) is 12.3. The molecular weight excluding hydrogens is 226 g/mol. The maximum absolute atomic E-state index is 12.1. The summed E-state index contributed by atoms with van der Waals surface area (Å²) in [6, 6.07) is -0.299. The van der Waals surface area contributed by atoms with E-state index >= 15 is 0 Å². The summed E-state index contributed by atoms with van der Waals surface area (Å²) >= 11 is 5.92. The number of rotatable bonds is 4. The molecule has 1 rings (SSSR count). The van der Waals surface area contributed by atoms with E-state index in [1.54, 1.807) is 15.8 Å². The van der Waals surface area contributed by atoms with Gasteiger partial charge < -0.3 is 4.90 Å². The molecular formula is C11H18ClN3O. The quantitative estimate of drug-likeness (QED) is 0.814. The zero-order valence-electron chi connectivity index (χ0n) is 10.2. The predicted molar refractivity (Wildman–Crippen MR) is 64.6 cm³/mol. The second-order valence-electron chi connectivity index (χ2n) is 3.71. The highest BCUT2D eigenvalue weighted by Crippen LogP contribution is 2.18. The maximum atomic E-state index is 12.1. The molecule has 0 aromatic carbocycles. The number of hydrogen-bond donors (Lipinski definition) is 0. The second kappa shape index (κ2) is 5.34. The van der Waals surface area contributed by atoms with Gasteiger partial charge in [-0.15, -0.1) is 0 Å². The van der Waals surface area contributed by atoms with Gasteiger partial charge in [-0.25, -0.2) is 0 Å². The lowest BCUT2D eigenvalue weighted by Crippen LogP contribution is -2.36. The van der Waals surface area contributed by atoms with Crippen LogP contribution in [0.4, 0.5) is 0 Å². The van der Waals surface area contributed by atoms with Gasteiger partial charge in [-0.05, 0) is 27.7 Å². The maximum Gasteiger partial charge on any atom is 0.247 e. The third-order valence-electron chi connectivity index (χ3n) is 2.78. The van der Waals surface area contributed by atoms with Crippen LogP contribution in [0.3, 0.4) is 0 Å². The predicted octanol–water partition coefficient (Wildman–Crippen LogP) is 2.27. The third kappa shape index (κ3) is 2.38. The first-order chi connectivity index (χ1) is 7.52. The molecule has 0 fully saturated rings. The van der Waals surface area contributed by atoms with Crippen LogP contribution in [0.1, 0.15) is 32.5 Å². The topological polar surface area (TPSA) is 38.1 Å². The van der Waals surface area contributed by atoms with Gasteiger partial charge in [0, 0.05) is 13.1 Å². The zero-order valence-corrected chi connectivity index (χ0v) is 11.0. The van der Waals surface area contributed by atoms with Gasteiger partial charge in [0.2, 0.25) is 5.91 Å². The summed E-state index contributed by atoms with van der Waals surface area (Å²) in [5.41, 5.74) is 0.828. The molecule has 0 radical (unpaired) electrons. The minimum absolute atomic E-state index is 0.0767. The Morgan fingerprint density at radius 2 is 2.12 bits per heavy atom. The number of halogens is 1. The Morgan fingerprint density at radius 3 is 2.50 bits per heavy atom. The van der Waals surface area contributed by atoms with Crippen LogP contribution in [0.15, 0.2) is 6.20 Å². The molecule has 90 valence electrons. The third-order valence-corrected chi connectivity index (χ3v) is 3.16. The SMILES string of the molecule is CCN(CC)C(=O)[C@H](C)n1ncc(Cl)c1C. The molecule has 0 N–H and O–H groups in total. The van der Waals surface area contributed by atoms with Crippen LogP contribution in [-0.4, -0.2) is 33.7 Å². The molecule has 1 amide bonds. The molecule has 1 aromatic rings. The summed E-state index contributed by atoms with van der Waals surface area (Å²) in [4.78, 5) is 13.9. The highest BCUT2D eigenvalue weighted by molar-refractivity contribution is 6.31. The van der Waals surface area contributed by atoms with Gasteiger partial charge >= 0.3 is 0 Å². The van der Waals surface area contributed by atoms with E-state index < -0.39 is 0 Å². The fourth-order valence-corrected chi connectivity index (χ4v) is 1.83. The van der Waals surface area contributed by atoms with Crippen molar-refractivity contribution in [2.75, 3.05) is 13.1 Å². The Balaban J connectivity index is 2.89. The van der Waals surface area contributed by atoms with Crippen molar-refractivity contribution < 1.29 is 4.79 Å². The lowest BCUT2D eigenvalue weighted by Gasteiger charge is -2.23. The molecule has 4 nitrogen and oxygen atoms in total. The van der Waals surface area contributed by atoms with Gasteiger partial charge in [0.25, 0.3) is 0 Å². The first kappa shape index (κ1) is 13.0. The average molecular weight is 244 g/mol. The monoisotopic (exact) mass is 243 g/mol. The number of amides is 1. The minimum atomic E-state index is -0.299. The molecule has 0 spiro atoms. The van der Waals surface area contributed by atoms with Crippen LogP contribution in [0, 0.1) is 6.92 Å². The largest absolute Gasteiger partial charge is 0.341 e. The van der Waals surface area contributed by atoms with Gasteiger partial charge in [-0.2, -0.15) is 5.10 Å². The van der Waals surface area contributed by atoms with E-state index in [0.717, 1.165) is 5.69 Å². The minimum Gasteiger partial charge on any atom is -0.341 e. The van der Waals surface area contributed by atoms with Crippen LogP contribution in [0.5, 0.6) is 0 Å². The Hall–Kier alpha value is -1.03. The summed E-state index contributed by atoms with van der Waals surface area (Å²) in [6.45, 7) is 9.08. The van der Waals surface area contributed by atoms with Crippen molar-refractivity contribution in [3.05, 3.63) is 16.9 Å². The summed E-state index contributed by atoms with van der Waals surface area (Å²) in [7, 11) is 0. The Morgan fingerprint density at radius 1 is 1.56 bits per heavy atom. The van der Waals surface area contributed by atoms with E-state index in [2.05, 4.69) is 5.10 Å². The van der Waals surface area contributed by atoms with Gasteiger partial charge in [-0.1, -0.05) is 11.6 Å².